The van der Waals surface area contributed by atoms with Gasteiger partial charge in [0.15, 0.2) is 5.16 Å². The Labute approximate surface area is 158 Å². The number of aromatic nitrogens is 2. The van der Waals surface area contributed by atoms with Gasteiger partial charge in [-0.15, -0.1) is 0 Å². The number of thioether (sulfide) groups is 1. The van der Waals surface area contributed by atoms with Gasteiger partial charge in [0.25, 0.3) is 0 Å². The number of carbonyl (C=O) groups excluding carboxylic acids is 2. The van der Waals surface area contributed by atoms with Crippen molar-refractivity contribution in [3.8, 4) is 5.69 Å². The molecule has 26 heavy (non-hydrogen) atoms. The van der Waals surface area contributed by atoms with Gasteiger partial charge < -0.3 is 10.6 Å². The fourth-order valence-corrected chi connectivity index (χ4v) is 3.09. The van der Waals surface area contributed by atoms with Gasteiger partial charge in [-0.25, -0.2) is 4.98 Å². The van der Waals surface area contributed by atoms with Crippen molar-refractivity contribution >= 4 is 23.6 Å². The first-order chi connectivity index (χ1) is 12.2. The van der Waals surface area contributed by atoms with Crippen LogP contribution in [0.2, 0.25) is 0 Å². The summed E-state index contributed by atoms with van der Waals surface area (Å²) >= 11 is 1.34. The van der Waals surface area contributed by atoms with E-state index in [2.05, 4.69) is 41.6 Å². The summed E-state index contributed by atoms with van der Waals surface area (Å²) in [6, 6.07) is 6.20. The molecule has 0 radical (unpaired) electrons. The van der Waals surface area contributed by atoms with Gasteiger partial charge in [-0.3, -0.25) is 14.2 Å². The molecule has 6 nitrogen and oxygen atoms in total. The first kappa shape index (κ1) is 20.0. The second-order valence-corrected chi connectivity index (χ2v) is 8.15. The minimum absolute atomic E-state index is 0.0255. The monoisotopic (exact) mass is 374 g/mol. The molecule has 0 unspecified atom stereocenters. The molecule has 1 aromatic heterocycles. The highest BCUT2D eigenvalue weighted by atomic mass is 32.2. The summed E-state index contributed by atoms with van der Waals surface area (Å²) < 4.78 is 1.96. The SMILES string of the molecule is Cc1ccc(-n2ccnc2SCC(=O)NCC(=O)NC(C)(C)C)cc1C. The Hall–Kier alpha value is -2.28. The van der Waals surface area contributed by atoms with Crippen molar-refractivity contribution in [1.29, 1.82) is 0 Å². The van der Waals surface area contributed by atoms with Crippen LogP contribution < -0.4 is 10.6 Å². The molecule has 0 aliphatic rings. The Kier molecular flexibility index (Phi) is 6.47. The van der Waals surface area contributed by atoms with E-state index in [1.165, 1.54) is 22.9 Å². The number of nitrogens with zero attached hydrogens (tertiary/aromatic N) is 2. The predicted octanol–water partition coefficient (Wildman–Crippen LogP) is 2.61. The summed E-state index contributed by atoms with van der Waals surface area (Å²) in [5.74, 6) is -0.203. The molecule has 2 N–H and O–H groups in total. The Balaban J connectivity index is 1.90. The number of amides is 2. The summed E-state index contributed by atoms with van der Waals surface area (Å²) in [5, 5.41) is 6.18. The van der Waals surface area contributed by atoms with Crippen LogP contribution in [0.5, 0.6) is 0 Å². The zero-order chi connectivity index (χ0) is 19.3. The molecule has 0 aliphatic heterocycles. The topological polar surface area (TPSA) is 76.0 Å². The summed E-state index contributed by atoms with van der Waals surface area (Å²) in [6.07, 6.45) is 3.59. The second-order valence-electron chi connectivity index (χ2n) is 7.21. The van der Waals surface area contributed by atoms with Crippen LogP contribution in [0.3, 0.4) is 0 Å². The third kappa shape index (κ3) is 5.91. The molecule has 2 amide bonds. The summed E-state index contributed by atoms with van der Waals surface area (Å²) in [4.78, 5) is 28.1. The lowest BCUT2D eigenvalue weighted by molar-refractivity contribution is -0.125. The minimum atomic E-state index is -0.312. The van der Waals surface area contributed by atoms with Crippen molar-refractivity contribution in [2.45, 2.75) is 45.3 Å². The van der Waals surface area contributed by atoms with E-state index in [0.29, 0.717) is 0 Å². The standard InChI is InChI=1S/C19H26N4O2S/c1-13-6-7-15(10-14(13)2)23-9-8-20-18(23)26-12-17(25)21-11-16(24)22-19(3,4)5/h6-10H,11-12H2,1-5H3,(H,21,25)(H,22,24). The van der Waals surface area contributed by atoms with E-state index in [9.17, 15) is 9.59 Å². The van der Waals surface area contributed by atoms with Crippen LogP contribution in [0.15, 0.2) is 35.7 Å². The van der Waals surface area contributed by atoms with Crippen LogP contribution in [0.1, 0.15) is 31.9 Å². The molecule has 0 spiro atoms. The molecule has 2 rings (SSSR count). The maximum absolute atomic E-state index is 12.0. The fourth-order valence-electron chi connectivity index (χ4n) is 2.29. The number of benzene rings is 1. The molecule has 1 heterocycles. The molecule has 0 fully saturated rings. The zero-order valence-electron chi connectivity index (χ0n) is 15.9. The highest BCUT2D eigenvalue weighted by molar-refractivity contribution is 7.99. The molecule has 0 saturated heterocycles. The normalized spacial score (nSPS) is 11.3. The summed E-state index contributed by atoms with van der Waals surface area (Å²) in [7, 11) is 0. The van der Waals surface area contributed by atoms with Gasteiger partial charge in [0.1, 0.15) is 0 Å². The Morgan fingerprint density at radius 2 is 1.88 bits per heavy atom. The second kappa shape index (κ2) is 8.40. The minimum Gasteiger partial charge on any atom is -0.350 e. The fraction of sp³-hybridized carbons (Fsp3) is 0.421. The molecule has 140 valence electrons. The molecule has 0 bridgehead atoms. The predicted molar refractivity (Wildman–Crippen MR) is 105 cm³/mol. The Morgan fingerprint density at radius 3 is 2.54 bits per heavy atom. The molecule has 1 aromatic carbocycles. The first-order valence-electron chi connectivity index (χ1n) is 8.47. The van der Waals surface area contributed by atoms with Crippen molar-refractivity contribution in [3.05, 3.63) is 41.7 Å². The number of hydrogen-bond donors (Lipinski definition) is 2. The van der Waals surface area contributed by atoms with Gasteiger partial charge in [0.2, 0.25) is 11.8 Å². The van der Waals surface area contributed by atoms with Crippen molar-refractivity contribution < 1.29 is 9.59 Å². The zero-order valence-corrected chi connectivity index (χ0v) is 16.7. The van der Waals surface area contributed by atoms with E-state index >= 15 is 0 Å². The number of carbonyl (C=O) groups is 2. The van der Waals surface area contributed by atoms with Crippen LogP contribution in [0.25, 0.3) is 5.69 Å². The van der Waals surface area contributed by atoms with E-state index in [1.807, 2.05) is 37.6 Å². The van der Waals surface area contributed by atoms with E-state index in [-0.39, 0.29) is 29.7 Å². The maximum atomic E-state index is 12.0. The average molecular weight is 375 g/mol. The molecular formula is C19H26N4O2S. The van der Waals surface area contributed by atoms with Gasteiger partial charge in [-0.2, -0.15) is 0 Å². The van der Waals surface area contributed by atoms with Crippen molar-refractivity contribution in [2.75, 3.05) is 12.3 Å². The molecule has 2 aromatic rings. The van der Waals surface area contributed by atoms with E-state index in [0.717, 1.165) is 10.8 Å². The van der Waals surface area contributed by atoms with Crippen LogP contribution in [0.4, 0.5) is 0 Å². The highest BCUT2D eigenvalue weighted by Gasteiger charge is 2.15. The van der Waals surface area contributed by atoms with E-state index in [1.54, 1.807) is 6.20 Å². The lowest BCUT2D eigenvalue weighted by atomic mass is 10.1. The largest absolute Gasteiger partial charge is 0.350 e. The molecular weight excluding hydrogens is 348 g/mol. The van der Waals surface area contributed by atoms with Crippen molar-refractivity contribution in [2.24, 2.45) is 0 Å². The lowest BCUT2D eigenvalue weighted by Crippen LogP contribution is -2.46. The molecule has 0 atom stereocenters. The van der Waals surface area contributed by atoms with Gasteiger partial charge in [-0.1, -0.05) is 17.8 Å². The third-order valence-electron chi connectivity index (χ3n) is 3.67. The van der Waals surface area contributed by atoms with Crippen molar-refractivity contribution in [3.63, 3.8) is 0 Å². The smallest absolute Gasteiger partial charge is 0.239 e. The number of imidazole rings is 1. The van der Waals surface area contributed by atoms with Crippen LogP contribution in [-0.2, 0) is 9.59 Å². The van der Waals surface area contributed by atoms with Gasteiger partial charge in [0, 0.05) is 23.6 Å². The van der Waals surface area contributed by atoms with Crippen LogP contribution >= 0.6 is 11.8 Å². The Morgan fingerprint density at radius 1 is 1.15 bits per heavy atom. The third-order valence-corrected chi connectivity index (χ3v) is 4.64. The maximum Gasteiger partial charge on any atom is 0.239 e. The first-order valence-corrected chi connectivity index (χ1v) is 9.46. The average Bonchev–Trinajstić information content (AvgIpc) is 3.00. The number of aryl methyl sites for hydroxylation is 2. The number of hydrogen-bond acceptors (Lipinski definition) is 4. The summed E-state index contributed by atoms with van der Waals surface area (Å²) in [6.45, 7) is 9.81. The van der Waals surface area contributed by atoms with Gasteiger partial charge in [0.05, 0.1) is 12.3 Å². The lowest BCUT2D eigenvalue weighted by Gasteiger charge is -2.20. The van der Waals surface area contributed by atoms with Crippen LogP contribution in [0, 0.1) is 13.8 Å². The van der Waals surface area contributed by atoms with Gasteiger partial charge in [-0.05, 0) is 57.9 Å². The van der Waals surface area contributed by atoms with E-state index in [4.69, 9.17) is 0 Å². The van der Waals surface area contributed by atoms with Crippen molar-refractivity contribution in [1.82, 2.24) is 20.2 Å². The highest BCUT2D eigenvalue weighted by Crippen LogP contribution is 2.21. The summed E-state index contributed by atoms with van der Waals surface area (Å²) in [5.41, 5.74) is 3.14. The molecule has 0 saturated carbocycles. The number of nitrogens with one attached hydrogen (secondary N) is 2. The van der Waals surface area contributed by atoms with Crippen LogP contribution in [-0.4, -0.2) is 39.2 Å². The number of rotatable bonds is 6. The van der Waals surface area contributed by atoms with Gasteiger partial charge >= 0.3 is 0 Å². The Bertz CT molecular complexity index is 793. The van der Waals surface area contributed by atoms with E-state index < -0.39 is 0 Å². The molecule has 7 heteroatoms. The molecule has 0 aliphatic carbocycles. The quantitative estimate of drug-likeness (QED) is 0.762.